The molecule has 1 amide bonds. The van der Waals surface area contributed by atoms with Crippen LogP contribution in [0.15, 0.2) is 60.8 Å². The van der Waals surface area contributed by atoms with Crippen LogP contribution in [0, 0.1) is 0 Å². The summed E-state index contributed by atoms with van der Waals surface area (Å²) >= 11 is 0. The number of benzene rings is 2. The summed E-state index contributed by atoms with van der Waals surface area (Å²) in [6, 6.07) is 17.8. The first-order valence-electron chi connectivity index (χ1n) is 8.97. The molecule has 27 heavy (non-hydrogen) atoms. The Morgan fingerprint density at radius 2 is 2.04 bits per heavy atom. The molecule has 6 nitrogen and oxygen atoms in total. The summed E-state index contributed by atoms with van der Waals surface area (Å²) in [5.41, 5.74) is 3.16. The SMILES string of the molecule is O=C1CC(c2cccc(OCCO)c2)c2cn(Cc3ccccc3)nc2N1. The molecule has 1 atom stereocenters. The van der Waals surface area contributed by atoms with Crippen molar-refractivity contribution in [3.63, 3.8) is 0 Å². The molecule has 0 fully saturated rings. The zero-order valence-corrected chi connectivity index (χ0v) is 14.8. The second-order valence-corrected chi connectivity index (χ2v) is 6.57. The number of anilines is 1. The highest BCUT2D eigenvalue weighted by atomic mass is 16.5. The zero-order chi connectivity index (χ0) is 18.6. The van der Waals surface area contributed by atoms with Crippen molar-refractivity contribution in [3.8, 4) is 5.75 Å². The Bertz CT molecular complexity index is 937. The monoisotopic (exact) mass is 363 g/mol. The molecule has 1 aliphatic rings. The van der Waals surface area contributed by atoms with Gasteiger partial charge in [0.15, 0.2) is 5.82 Å². The standard InChI is InChI=1S/C21H21N3O3/c25-9-10-27-17-8-4-7-16(11-17)18-12-20(26)22-21-19(18)14-24(23-21)13-15-5-2-1-3-6-15/h1-8,11,14,18,25H,9-10,12-13H2,(H,22,23,26). The fourth-order valence-corrected chi connectivity index (χ4v) is 3.40. The molecule has 1 unspecified atom stereocenters. The molecular formula is C21H21N3O3. The summed E-state index contributed by atoms with van der Waals surface area (Å²) in [5.74, 6) is 1.19. The van der Waals surface area contributed by atoms with Gasteiger partial charge in [0.2, 0.25) is 5.91 Å². The number of amides is 1. The van der Waals surface area contributed by atoms with Crippen molar-refractivity contribution < 1.29 is 14.6 Å². The molecule has 0 saturated heterocycles. The van der Waals surface area contributed by atoms with Gasteiger partial charge in [0.25, 0.3) is 0 Å². The number of hydrogen-bond donors (Lipinski definition) is 2. The minimum atomic E-state index is -0.0732. The van der Waals surface area contributed by atoms with Gasteiger partial charge in [0.05, 0.1) is 13.2 Å². The lowest BCUT2D eigenvalue weighted by atomic mass is 9.87. The van der Waals surface area contributed by atoms with E-state index in [0.717, 1.165) is 16.7 Å². The van der Waals surface area contributed by atoms with Gasteiger partial charge in [0.1, 0.15) is 12.4 Å². The van der Waals surface area contributed by atoms with Gasteiger partial charge in [-0.05, 0) is 23.3 Å². The molecule has 1 aliphatic heterocycles. The molecule has 6 heteroatoms. The fraction of sp³-hybridized carbons (Fsp3) is 0.238. The van der Waals surface area contributed by atoms with E-state index in [9.17, 15) is 4.79 Å². The van der Waals surface area contributed by atoms with Crippen molar-refractivity contribution in [1.82, 2.24) is 9.78 Å². The minimum absolute atomic E-state index is 0.0353. The maximum Gasteiger partial charge on any atom is 0.226 e. The number of carbonyl (C=O) groups is 1. The van der Waals surface area contributed by atoms with Crippen LogP contribution in [0.5, 0.6) is 5.75 Å². The number of ether oxygens (including phenoxy) is 1. The van der Waals surface area contributed by atoms with Gasteiger partial charge >= 0.3 is 0 Å². The molecular weight excluding hydrogens is 342 g/mol. The third kappa shape index (κ3) is 3.85. The third-order valence-electron chi connectivity index (χ3n) is 4.62. The maximum atomic E-state index is 12.2. The third-order valence-corrected chi connectivity index (χ3v) is 4.62. The quantitative estimate of drug-likeness (QED) is 0.706. The number of aliphatic hydroxyl groups excluding tert-OH is 1. The van der Waals surface area contributed by atoms with Crippen LogP contribution >= 0.6 is 0 Å². The molecule has 2 N–H and O–H groups in total. The number of aromatic nitrogens is 2. The van der Waals surface area contributed by atoms with Crippen LogP contribution in [0.2, 0.25) is 0 Å². The molecule has 138 valence electrons. The van der Waals surface area contributed by atoms with Gasteiger partial charge in [-0.3, -0.25) is 9.48 Å². The van der Waals surface area contributed by atoms with Crippen LogP contribution in [0.25, 0.3) is 0 Å². The molecule has 2 aromatic carbocycles. The first-order chi connectivity index (χ1) is 13.2. The lowest BCUT2D eigenvalue weighted by Gasteiger charge is -2.22. The van der Waals surface area contributed by atoms with Crippen molar-refractivity contribution >= 4 is 11.7 Å². The molecule has 0 aliphatic carbocycles. The van der Waals surface area contributed by atoms with Crippen LogP contribution < -0.4 is 10.1 Å². The van der Waals surface area contributed by atoms with E-state index in [4.69, 9.17) is 9.84 Å². The lowest BCUT2D eigenvalue weighted by Crippen LogP contribution is -2.23. The average molecular weight is 363 g/mol. The van der Waals surface area contributed by atoms with Crippen molar-refractivity contribution in [3.05, 3.63) is 77.5 Å². The Balaban J connectivity index is 1.63. The highest BCUT2D eigenvalue weighted by Crippen LogP contribution is 2.37. The normalized spacial score (nSPS) is 15.9. The van der Waals surface area contributed by atoms with E-state index in [-0.39, 0.29) is 25.0 Å². The summed E-state index contributed by atoms with van der Waals surface area (Å²) in [5, 5.41) is 16.4. The number of carbonyl (C=O) groups excluding carboxylic acids is 1. The summed E-state index contributed by atoms with van der Waals surface area (Å²) < 4.78 is 7.38. The largest absolute Gasteiger partial charge is 0.491 e. The molecule has 3 aromatic rings. The molecule has 2 heterocycles. The second kappa shape index (κ2) is 7.63. The van der Waals surface area contributed by atoms with E-state index in [1.165, 1.54) is 0 Å². The van der Waals surface area contributed by atoms with Crippen LogP contribution in [-0.2, 0) is 11.3 Å². The van der Waals surface area contributed by atoms with E-state index in [1.54, 1.807) is 0 Å². The number of nitrogens with one attached hydrogen (secondary N) is 1. The van der Waals surface area contributed by atoms with E-state index in [2.05, 4.69) is 22.5 Å². The van der Waals surface area contributed by atoms with Crippen molar-refractivity contribution in [2.45, 2.75) is 18.9 Å². The molecule has 0 radical (unpaired) electrons. The van der Waals surface area contributed by atoms with E-state index in [0.29, 0.717) is 24.5 Å². The second-order valence-electron chi connectivity index (χ2n) is 6.57. The van der Waals surface area contributed by atoms with Gasteiger partial charge in [-0.25, -0.2) is 0 Å². The van der Waals surface area contributed by atoms with Gasteiger partial charge < -0.3 is 15.2 Å². The Labute approximate surface area is 157 Å². The molecule has 0 bridgehead atoms. The lowest BCUT2D eigenvalue weighted by molar-refractivity contribution is -0.116. The summed E-state index contributed by atoms with van der Waals surface area (Å²) in [6.07, 6.45) is 2.38. The fourth-order valence-electron chi connectivity index (χ4n) is 3.40. The van der Waals surface area contributed by atoms with Crippen LogP contribution in [0.3, 0.4) is 0 Å². The molecule has 0 saturated carbocycles. The van der Waals surface area contributed by atoms with Crippen molar-refractivity contribution in [2.75, 3.05) is 18.5 Å². The molecule has 1 aromatic heterocycles. The number of nitrogens with zero attached hydrogens (tertiary/aromatic N) is 2. The van der Waals surface area contributed by atoms with Crippen LogP contribution in [-0.4, -0.2) is 34.0 Å². The Morgan fingerprint density at radius 3 is 2.85 bits per heavy atom. The number of fused-ring (bicyclic) bond motifs is 1. The molecule has 4 rings (SSSR count). The summed E-state index contributed by atoms with van der Waals surface area (Å²) in [4.78, 5) is 12.2. The summed E-state index contributed by atoms with van der Waals surface area (Å²) in [6.45, 7) is 0.859. The van der Waals surface area contributed by atoms with E-state index in [1.807, 2.05) is 53.3 Å². The first-order valence-corrected chi connectivity index (χ1v) is 8.97. The predicted molar refractivity (Wildman–Crippen MR) is 102 cm³/mol. The van der Waals surface area contributed by atoms with Crippen LogP contribution in [0.4, 0.5) is 5.82 Å². The summed E-state index contributed by atoms with van der Waals surface area (Å²) in [7, 11) is 0. The average Bonchev–Trinajstić information content (AvgIpc) is 3.08. The Morgan fingerprint density at radius 1 is 1.19 bits per heavy atom. The van der Waals surface area contributed by atoms with Crippen LogP contribution in [0.1, 0.15) is 29.0 Å². The topological polar surface area (TPSA) is 76.4 Å². The van der Waals surface area contributed by atoms with Gasteiger partial charge in [0, 0.05) is 24.1 Å². The maximum absolute atomic E-state index is 12.2. The Hall–Kier alpha value is -3.12. The smallest absolute Gasteiger partial charge is 0.226 e. The van der Waals surface area contributed by atoms with E-state index < -0.39 is 0 Å². The zero-order valence-electron chi connectivity index (χ0n) is 14.8. The van der Waals surface area contributed by atoms with Gasteiger partial charge in [-0.1, -0.05) is 42.5 Å². The highest BCUT2D eigenvalue weighted by Gasteiger charge is 2.29. The number of rotatable bonds is 6. The minimum Gasteiger partial charge on any atom is -0.491 e. The highest BCUT2D eigenvalue weighted by molar-refractivity contribution is 5.94. The van der Waals surface area contributed by atoms with E-state index >= 15 is 0 Å². The van der Waals surface area contributed by atoms with Crippen molar-refractivity contribution in [1.29, 1.82) is 0 Å². The van der Waals surface area contributed by atoms with Gasteiger partial charge in [-0.2, -0.15) is 5.10 Å². The van der Waals surface area contributed by atoms with Gasteiger partial charge in [-0.15, -0.1) is 0 Å². The first kappa shape index (κ1) is 17.3. The number of aliphatic hydroxyl groups is 1. The predicted octanol–water partition coefficient (Wildman–Crippen LogP) is 2.78. The van der Waals surface area contributed by atoms with Crippen molar-refractivity contribution in [2.24, 2.45) is 0 Å². The Kier molecular flexibility index (Phi) is 4.89. The molecule has 0 spiro atoms. The number of hydrogen-bond acceptors (Lipinski definition) is 4.